The maximum atomic E-state index is 7.29. The number of aromatic amines is 1. The molecule has 3 heteroatoms. The highest BCUT2D eigenvalue weighted by Gasteiger charge is 2.32. The van der Waals surface area contributed by atoms with Gasteiger partial charge in [0, 0.05) is 30.8 Å². The van der Waals surface area contributed by atoms with E-state index in [0.717, 1.165) is 17.7 Å². The Morgan fingerprint density at radius 2 is 1.96 bits per heavy atom. The minimum absolute atomic E-state index is 0.604. The van der Waals surface area contributed by atoms with Gasteiger partial charge < -0.3 is 4.98 Å². The first-order valence-electron chi connectivity index (χ1n) is 9.61. The van der Waals surface area contributed by atoms with Crippen LogP contribution in [0.15, 0.2) is 48.7 Å². The van der Waals surface area contributed by atoms with E-state index in [2.05, 4.69) is 51.3 Å². The monoisotopic (exact) mass is 341 g/mol. The van der Waals surface area contributed by atoms with Crippen LogP contribution in [0.2, 0.25) is 0 Å². The summed E-state index contributed by atoms with van der Waals surface area (Å²) in [6, 6.07) is 15.6. The van der Waals surface area contributed by atoms with Crippen molar-refractivity contribution in [3.8, 4) is 0 Å². The average molecular weight is 341 g/mol. The lowest BCUT2D eigenvalue weighted by molar-refractivity contribution is 0.180. The second kappa shape index (κ2) is 6.30. The molecule has 0 spiro atoms. The van der Waals surface area contributed by atoms with E-state index >= 15 is 0 Å². The van der Waals surface area contributed by atoms with Crippen molar-refractivity contribution < 1.29 is 0 Å². The molecule has 1 aliphatic heterocycles. The number of benzene rings is 2. The average Bonchev–Trinajstić information content (AvgIpc) is 3.34. The van der Waals surface area contributed by atoms with Gasteiger partial charge in [0.05, 0.1) is 6.57 Å². The molecule has 2 atom stereocenters. The first kappa shape index (κ1) is 15.7. The molecule has 1 aromatic heterocycles. The highest BCUT2D eigenvalue weighted by Crippen LogP contribution is 2.41. The lowest BCUT2D eigenvalue weighted by Gasteiger charge is -2.33. The van der Waals surface area contributed by atoms with E-state index in [0.29, 0.717) is 12.0 Å². The molecule has 2 unspecified atom stereocenters. The third-order valence-corrected chi connectivity index (χ3v) is 6.35. The van der Waals surface area contributed by atoms with Crippen LogP contribution >= 0.6 is 0 Å². The van der Waals surface area contributed by atoms with Gasteiger partial charge in [-0.1, -0.05) is 30.3 Å². The molecule has 3 nitrogen and oxygen atoms in total. The van der Waals surface area contributed by atoms with Crippen LogP contribution in [-0.4, -0.2) is 22.5 Å². The summed E-state index contributed by atoms with van der Waals surface area (Å²) in [7, 11) is 0. The normalized spacial score (nSPS) is 23.0. The number of nitrogens with zero attached hydrogens (tertiary/aromatic N) is 2. The van der Waals surface area contributed by atoms with Crippen LogP contribution in [0.25, 0.3) is 15.7 Å². The molecule has 2 heterocycles. The van der Waals surface area contributed by atoms with Crippen LogP contribution < -0.4 is 0 Å². The molecular weight excluding hydrogens is 318 g/mol. The van der Waals surface area contributed by atoms with Crippen LogP contribution in [0.4, 0.5) is 5.69 Å². The van der Waals surface area contributed by atoms with Gasteiger partial charge in [0.25, 0.3) is 0 Å². The predicted molar refractivity (Wildman–Crippen MR) is 105 cm³/mol. The summed E-state index contributed by atoms with van der Waals surface area (Å²) in [5, 5.41) is 1.24. The summed E-state index contributed by atoms with van der Waals surface area (Å²) in [5.41, 5.74) is 6.34. The quantitative estimate of drug-likeness (QED) is 0.619. The van der Waals surface area contributed by atoms with Gasteiger partial charge in [-0.25, -0.2) is 4.85 Å². The van der Waals surface area contributed by atoms with Gasteiger partial charge in [-0.2, -0.15) is 0 Å². The molecular formula is C23H23N3. The van der Waals surface area contributed by atoms with Crippen LogP contribution in [-0.2, 0) is 13.0 Å². The van der Waals surface area contributed by atoms with E-state index in [1.807, 2.05) is 12.1 Å². The fourth-order valence-electron chi connectivity index (χ4n) is 4.94. The molecule has 0 bridgehead atoms. The van der Waals surface area contributed by atoms with E-state index in [9.17, 15) is 0 Å². The molecule has 1 fully saturated rings. The van der Waals surface area contributed by atoms with Crippen molar-refractivity contribution in [3.05, 3.63) is 76.8 Å². The predicted octanol–water partition coefficient (Wildman–Crippen LogP) is 5.41. The van der Waals surface area contributed by atoms with Crippen molar-refractivity contribution >= 4 is 16.6 Å². The Hall–Kier alpha value is -2.57. The van der Waals surface area contributed by atoms with Crippen LogP contribution in [0.1, 0.15) is 41.9 Å². The fraction of sp³-hybridized carbons (Fsp3) is 0.348. The van der Waals surface area contributed by atoms with E-state index in [1.165, 1.54) is 54.3 Å². The van der Waals surface area contributed by atoms with Crippen molar-refractivity contribution in [3.63, 3.8) is 0 Å². The molecule has 1 aliphatic carbocycles. The standard InChI is InChI=1S/C23H23N3/c1-24-19-7-9-23-21(13-19)22(14-25-23)17-6-8-20(12-17)26-11-10-16-4-2-3-5-18(16)15-26/h2-5,7,9,13-14,17,20,25H,6,8,10-12,15H2. The van der Waals surface area contributed by atoms with Crippen molar-refractivity contribution in [1.82, 2.24) is 9.88 Å². The smallest absolute Gasteiger partial charge is 0.187 e. The Morgan fingerprint density at radius 1 is 1.08 bits per heavy atom. The summed E-state index contributed by atoms with van der Waals surface area (Å²) in [4.78, 5) is 9.71. The third-order valence-electron chi connectivity index (χ3n) is 6.35. The minimum atomic E-state index is 0.604. The van der Waals surface area contributed by atoms with Gasteiger partial charge >= 0.3 is 0 Å². The Labute approximate surface area is 154 Å². The zero-order chi connectivity index (χ0) is 17.5. The summed E-state index contributed by atoms with van der Waals surface area (Å²) >= 11 is 0. The molecule has 1 saturated carbocycles. The molecule has 0 amide bonds. The summed E-state index contributed by atoms with van der Waals surface area (Å²) in [6.07, 6.45) is 7.12. The number of aromatic nitrogens is 1. The van der Waals surface area contributed by atoms with Crippen LogP contribution in [0.5, 0.6) is 0 Å². The Kier molecular flexibility index (Phi) is 3.80. The van der Waals surface area contributed by atoms with Gasteiger partial charge in [0.15, 0.2) is 5.69 Å². The Balaban J connectivity index is 1.36. The van der Waals surface area contributed by atoms with Gasteiger partial charge in [0.2, 0.25) is 0 Å². The highest BCUT2D eigenvalue weighted by molar-refractivity contribution is 5.87. The maximum absolute atomic E-state index is 7.29. The van der Waals surface area contributed by atoms with Crippen molar-refractivity contribution in [1.29, 1.82) is 0 Å². The molecule has 3 aromatic rings. The number of hydrogen-bond donors (Lipinski definition) is 1. The van der Waals surface area contributed by atoms with Gasteiger partial charge in [-0.3, -0.25) is 4.90 Å². The van der Waals surface area contributed by atoms with Gasteiger partial charge in [-0.15, -0.1) is 0 Å². The Morgan fingerprint density at radius 3 is 2.85 bits per heavy atom. The van der Waals surface area contributed by atoms with Gasteiger partial charge in [0.1, 0.15) is 0 Å². The molecule has 2 aromatic carbocycles. The number of H-pyrrole nitrogens is 1. The lowest BCUT2D eigenvalue weighted by atomic mass is 9.95. The summed E-state index contributed by atoms with van der Waals surface area (Å²) < 4.78 is 0. The van der Waals surface area contributed by atoms with E-state index < -0.39 is 0 Å². The molecule has 130 valence electrons. The fourth-order valence-corrected chi connectivity index (χ4v) is 4.94. The number of hydrogen-bond acceptors (Lipinski definition) is 1. The first-order valence-corrected chi connectivity index (χ1v) is 9.61. The zero-order valence-electron chi connectivity index (χ0n) is 14.9. The first-order chi connectivity index (χ1) is 12.8. The maximum Gasteiger partial charge on any atom is 0.187 e. The summed E-state index contributed by atoms with van der Waals surface area (Å²) in [5.74, 6) is 0.604. The highest BCUT2D eigenvalue weighted by atomic mass is 15.2. The largest absolute Gasteiger partial charge is 0.361 e. The van der Waals surface area contributed by atoms with Crippen molar-refractivity contribution in [2.45, 2.75) is 44.2 Å². The number of fused-ring (bicyclic) bond motifs is 2. The Bertz CT molecular complexity index is 994. The second-order valence-electron chi connectivity index (χ2n) is 7.74. The van der Waals surface area contributed by atoms with Gasteiger partial charge in [-0.05, 0) is 65.8 Å². The van der Waals surface area contributed by atoms with E-state index in [1.54, 1.807) is 0 Å². The molecule has 0 radical (unpaired) electrons. The topological polar surface area (TPSA) is 23.4 Å². The molecule has 1 N–H and O–H groups in total. The van der Waals surface area contributed by atoms with E-state index in [4.69, 9.17) is 6.57 Å². The third kappa shape index (κ3) is 2.62. The molecule has 5 rings (SSSR count). The molecule has 2 aliphatic rings. The molecule has 0 saturated heterocycles. The minimum Gasteiger partial charge on any atom is -0.361 e. The SMILES string of the molecule is [C-]#[N+]c1ccc2[nH]cc(C3CCC(N4CCc5ccccc5C4)C3)c2c1. The zero-order valence-corrected chi connectivity index (χ0v) is 14.9. The van der Waals surface area contributed by atoms with Crippen LogP contribution in [0.3, 0.4) is 0 Å². The van der Waals surface area contributed by atoms with Crippen molar-refractivity contribution in [2.24, 2.45) is 0 Å². The van der Waals surface area contributed by atoms with Crippen molar-refractivity contribution in [2.75, 3.05) is 6.54 Å². The second-order valence-corrected chi connectivity index (χ2v) is 7.74. The molecule has 26 heavy (non-hydrogen) atoms. The number of rotatable bonds is 2. The van der Waals surface area contributed by atoms with Crippen LogP contribution in [0, 0.1) is 6.57 Å². The van der Waals surface area contributed by atoms with E-state index in [-0.39, 0.29) is 0 Å². The number of nitrogens with one attached hydrogen (secondary N) is 1. The lowest BCUT2D eigenvalue weighted by Crippen LogP contribution is -2.37. The summed E-state index contributed by atoms with van der Waals surface area (Å²) in [6.45, 7) is 9.57.